The predicted molar refractivity (Wildman–Crippen MR) is 264 cm³/mol. The molecule has 0 spiro atoms. The number of hydrogen-bond acceptors (Lipinski definition) is 18. The molecule has 354 valence electrons. The number of non-ortho nitro benzene ring substituents is 6. The maximum Gasteiger partial charge on any atom is 0.283 e. The summed E-state index contributed by atoms with van der Waals surface area (Å²) in [6.07, 6.45) is 0. The van der Waals surface area contributed by atoms with Crippen molar-refractivity contribution in [3.63, 3.8) is 0 Å². The number of nitrogens with zero attached hydrogens (tertiary/aromatic N) is 12. The van der Waals surface area contributed by atoms with Crippen LogP contribution in [0.4, 0.5) is 34.1 Å². The average molecular weight is 967 g/mol. The number of aromatic nitrogens is 6. The summed E-state index contributed by atoms with van der Waals surface area (Å²) < 4.78 is 0. The molecule has 0 amide bonds. The lowest BCUT2D eigenvalue weighted by atomic mass is 10.2. The highest BCUT2D eigenvalue weighted by atomic mass is 16.6. The Morgan fingerprint density at radius 2 is 0.306 bits per heavy atom. The van der Waals surface area contributed by atoms with Crippen LogP contribution in [0.5, 0.6) is 0 Å². The largest absolute Gasteiger partial charge is 0.283 e. The Morgan fingerprint density at radius 3 is 0.389 bits per heavy atom. The van der Waals surface area contributed by atoms with E-state index in [1.807, 2.05) is 146 Å². The molecule has 11 rings (SSSR count). The second-order valence-corrected chi connectivity index (χ2v) is 14.6. The van der Waals surface area contributed by atoms with Crippen molar-refractivity contribution in [2.45, 2.75) is 0 Å². The van der Waals surface area contributed by atoms with Gasteiger partial charge in [0.15, 0.2) is 0 Å². The van der Waals surface area contributed by atoms with E-state index in [9.17, 15) is 60.7 Å². The van der Waals surface area contributed by atoms with Gasteiger partial charge in [0, 0.05) is 0 Å². The predicted octanol–water partition coefficient (Wildman–Crippen LogP) is 11.2. The highest BCUT2D eigenvalue weighted by Gasteiger charge is 2.23. The molecule has 0 saturated carbocycles. The van der Waals surface area contributed by atoms with Crippen LogP contribution in [0.25, 0.3) is 66.2 Å². The van der Waals surface area contributed by atoms with Gasteiger partial charge in [-0.25, -0.2) is 29.9 Å². The van der Waals surface area contributed by atoms with Gasteiger partial charge >= 0.3 is 0 Å². The summed E-state index contributed by atoms with van der Waals surface area (Å²) in [6, 6.07) is 51.5. The van der Waals surface area contributed by atoms with Crippen LogP contribution < -0.4 is 0 Å². The fraction of sp³-hybridized carbons (Fsp3) is 0. The molecule has 72 heavy (non-hydrogen) atoms. The second-order valence-electron chi connectivity index (χ2n) is 14.6. The topological polar surface area (TPSA) is 336 Å². The first-order valence-electron chi connectivity index (χ1n) is 20.6. The van der Waals surface area contributed by atoms with E-state index in [0.717, 1.165) is 66.2 Å². The van der Waals surface area contributed by atoms with Crippen LogP contribution in [0.15, 0.2) is 182 Å². The molecule has 11 aromatic rings. The molecular weight excluding hydrogens is 937 g/mol. The minimum Gasteiger partial charge on any atom is -0.258 e. The summed E-state index contributed by atoms with van der Waals surface area (Å²) in [4.78, 5) is 83.4. The Kier molecular flexibility index (Phi) is 15.1. The Bertz CT molecular complexity index is 3080. The van der Waals surface area contributed by atoms with Crippen LogP contribution in [0.1, 0.15) is 0 Å². The molecule has 0 fully saturated rings. The summed E-state index contributed by atoms with van der Waals surface area (Å²) >= 11 is 0. The van der Waals surface area contributed by atoms with Crippen molar-refractivity contribution < 1.29 is 29.5 Å². The Labute approximate surface area is 401 Å². The third-order valence-electron chi connectivity index (χ3n) is 9.78. The molecule has 0 aliphatic rings. The lowest BCUT2D eigenvalue weighted by Gasteiger charge is -1.98. The molecule has 0 N–H and O–H groups in total. The van der Waals surface area contributed by atoms with Gasteiger partial charge in [-0.05, 0) is 72.8 Å². The molecule has 24 nitrogen and oxygen atoms in total. The lowest BCUT2D eigenvalue weighted by Crippen LogP contribution is -1.96. The fourth-order valence-corrected chi connectivity index (χ4v) is 6.49. The van der Waals surface area contributed by atoms with Crippen molar-refractivity contribution in [1.82, 2.24) is 29.9 Å². The second kappa shape index (κ2) is 22.2. The number of rotatable bonds is 6. The van der Waals surface area contributed by atoms with Gasteiger partial charge in [-0.1, -0.05) is 72.8 Å². The van der Waals surface area contributed by atoms with Crippen LogP contribution >= 0.6 is 0 Å². The van der Waals surface area contributed by atoms with Gasteiger partial charge < -0.3 is 0 Å². The van der Waals surface area contributed by atoms with Gasteiger partial charge in [-0.3, -0.25) is 60.7 Å². The van der Waals surface area contributed by atoms with Crippen molar-refractivity contribution >= 4 is 100 Å². The molecular formula is C48H30N12O12. The summed E-state index contributed by atoms with van der Waals surface area (Å²) in [7, 11) is 0. The van der Waals surface area contributed by atoms with Crippen molar-refractivity contribution in [2.75, 3.05) is 0 Å². The standard InChI is InChI=1S/3C12H8N2.2C6H3N3O6/c3*1-2-6-10-9(5-1)13-11-7-3-4-8-12(11)14-10;2*10-7(11)4-1-5(8(12)13)3-6(2-4)9(14)15/h3*1-8H;2*1-3H. The van der Waals surface area contributed by atoms with E-state index in [1.54, 1.807) is 0 Å². The zero-order valence-corrected chi connectivity index (χ0v) is 36.6. The minimum atomic E-state index is -0.931. The number of nitro groups is 6. The normalized spacial score (nSPS) is 10.3. The van der Waals surface area contributed by atoms with E-state index >= 15 is 0 Å². The van der Waals surface area contributed by atoms with E-state index in [1.165, 1.54) is 0 Å². The molecule has 3 aromatic heterocycles. The van der Waals surface area contributed by atoms with E-state index < -0.39 is 63.7 Å². The monoisotopic (exact) mass is 966 g/mol. The van der Waals surface area contributed by atoms with Crippen molar-refractivity contribution in [1.29, 1.82) is 0 Å². The van der Waals surface area contributed by atoms with Gasteiger partial charge in [-0.15, -0.1) is 0 Å². The summed E-state index contributed by atoms with van der Waals surface area (Å²) in [5.41, 5.74) is 7.30. The van der Waals surface area contributed by atoms with E-state index in [2.05, 4.69) is 29.9 Å². The third kappa shape index (κ3) is 12.3. The smallest absolute Gasteiger partial charge is 0.258 e. The molecule has 0 aliphatic heterocycles. The van der Waals surface area contributed by atoms with Crippen LogP contribution in [0.3, 0.4) is 0 Å². The summed E-state index contributed by atoms with van der Waals surface area (Å²) in [5.74, 6) is 0. The lowest BCUT2D eigenvalue weighted by molar-refractivity contribution is -0.403. The first-order chi connectivity index (χ1) is 34.6. The maximum atomic E-state index is 10.3. The average Bonchev–Trinajstić information content (AvgIpc) is 3.39. The molecule has 0 aliphatic carbocycles. The molecule has 0 bridgehead atoms. The molecule has 0 radical (unpaired) electrons. The highest BCUT2D eigenvalue weighted by molar-refractivity contribution is 5.87. The van der Waals surface area contributed by atoms with Gasteiger partial charge in [0.05, 0.1) is 132 Å². The van der Waals surface area contributed by atoms with Crippen LogP contribution in [0.2, 0.25) is 0 Å². The van der Waals surface area contributed by atoms with Crippen molar-refractivity contribution in [3.05, 3.63) is 243 Å². The number of hydrogen-bond donors (Lipinski definition) is 0. The number of benzene rings is 8. The van der Waals surface area contributed by atoms with Crippen molar-refractivity contribution in [2.24, 2.45) is 0 Å². The summed E-state index contributed by atoms with van der Waals surface area (Å²) in [6.45, 7) is 0. The van der Waals surface area contributed by atoms with Gasteiger partial charge in [0.1, 0.15) is 0 Å². The fourth-order valence-electron chi connectivity index (χ4n) is 6.49. The zero-order valence-electron chi connectivity index (χ0n) is 36.6. The molecule has 24 heteroatoms. The van der Waals surface area contributed by atoms with E-state index in [4.69, 9.17) is 0 Å². The van der Waals surface area contributed by atoms with E-state index in [-0.39, 0.29) is 0 Å². The quantitative estimate of drug-likeness (QED) is 0.0848. The van der Waals surface area contributed by atoms with Crippen molar-refractivity contribution in [3.8, 4) is 0 Å². The maximum absolute atomic E-state index is 10.3. The Morgan fingerprint density at radius 1 is 0.208 bits per heavy atom. The minimum absolute atomic E-state index is 0.660. The zero-order chi connectivity index (χ0) is 51.3. The van der Waals surface area contributed by atoms with Gasteiger partial charge in [0.25, 0.3) is 34.1 Å². The molecule has 0 unspecified atom stereocenters. The van der Waals surface area contributed by atoms with Gasteiger partial charge in [0.2, 0.25) is 0 Å². The van der Waals surface area contributed by atoms with Crippen LogP contribution in [0, 0.1) is 60.7 Å². The number of para-hydroxylation sites is 12. The van der Waals surface area contributed by atoms with Crippen LogP contribution in [-0.4, -0.2) is 59.4 Å². The SMILES string of the molecule is O=[N+]([O-])c1cc([N+](=O)[O-])cc([N+](=O)[O-])c1.O=[N+]([O-])c1cc([N+](=O)[O-])cc([N+](=O)[O-])c1.c1ccc2nc3ccccc3nc2c1.c1ccc2nc3ccccc3nc2c1.c1ccc2nc3ccccc3nc2c1. The molecule has 3 heterocycles. The van der Waals surface area contributed by atoms with Crippen LogP contribution in [-0.2, 0) is 0 Å². The molecule has 0 atom stereocenters. The molecule has 8 aromatic carbocycles. The third-order valence-corrected chi connectivity index (χ3v) is 9.78. The Hall–Kier alpha value is -11.0. The number of nitro benzene ring substituents is 6. The van der Waals surface area contributed by atoms with E-state index in [0.29, 0.717) is 36.4 Å². The number of fused-ring (bicyclic) bond motifs is 6. The Balaban J connectivity index is 0.000000132. The molecule has 0 saturated heterocycles. The first-order valence-corrected chi connectivity index (χ1v) is 20.6. The first kappa shape index (κ1) is 48.9. The summed E-state index contributed by atoms with van der Waals surface area (Å²) in [5, 5.41) is 61.9. The van der Waals surface area contributed by atoms with Gasteiger partial charge in [-0.2, -0.15) is 0 Å². The highest BCUT2D eigenvalue weighted by Crippen LogP contribution is 2.28.